The van der Waals surface area contributed by atoms with E-state index in [0.29, 0.717) is 13.0 Å². The van der Waals surface area contributed by atoms with Gasteiger partial charge in [0.2, 0.25) is 11.8 Å². The Morgan fingerprint density at radius 3 is 2.50 bits per heavy atom. The lowest BCUT2D eigenvalue weighted by atomic mass is 9.84. The third-order valence-electron chi connectivity index (χ3n) is 5.09. The molecule has 3 fully saturated rings. The minimum atomic E-state index is -0.360. The van der Waals surface area contributed by atoms with Crippen LogP contribution in [-0.4, -0.2) is 34.5 Å². The van der Waals surface area contributed by atoms with E-state index >= 15 is 0 Å². The van der Waals surface area contributed by atoms with Crippen molar-refractivity contribution in [2.75, 3.05) is 6.54 Å². The van der Waals surface area contributed by atoms with E-state index < -0.39 is 0 Å². The van der Waals surface area contributed by atoms with Crippen molar-refractivity contribution in [1.29, 1.82) is 0 Å². The summed E-state index contributed by atoms with van der Waals surface area (Å²) in [5.41, 5.74) is -0.360. The Morgan fingerprint density at radius 2 is 1.89 bits per heavy atom. The fourth-order valence-corrected chi connectivity index (χ4v) is 3.95. The molecule has 2 unspecified atom stereocenters. The van der Waals surface area contributed by atoms with Crippen molar-refractivity contribution in [3.05, 3.63) is 0 Å². The van der Waals surface area contributed by atoms with Crippen LogP contribution in [0.1, 0.15) is 51.4 Å². The Bertz CT molecular complexity index is 373. The van der Waals surface area contributed by atoms with E-state index in [-0.39, 0.29) is 29.3 Å². The molecule has 18 heavy (non-hydrogen) atoms. The minimum absolute atomic E-state index is 0.0130. The number of carbonyl (C=O) groups excluding carboxylic acids is 2. The number of carbonyl (C=O) groups is 2. The van der Waals surface area contributed by atoms with Crippen molar-refractivity contribution in [1.82, 2.24) is 4.90 Å². The SMILES string of the molecule is O=C1CC2(CCCC2)C(=O)N1CC1CCCC1O. The van der Waals surface area contributed by atoms with Crippen molar-refractivity contribution in [2.24, 2.45) is 11.3 Å². The van der Waals surface area contributed by atoms with E-state index in [0.717, 1.165) is 44.9 Å². The summed E-state index contributed by atoms with van der Waals surface area (Å²) >= 11 is 0. The first kappa shape index (κ1) is 12.2. The van der Waals surface area contributed by atoms with Crippen LogP contribution in [0, 0.1) is 11.3 Å². The Hall–Kier alpha value is -0.900. The molecule has 0 radical (unpaired) electrons. The predicted octanol–water partition coefficient (Wildman–Crippen LogP) is 1.47. The number of imide groups is 1. The lowest BCUT2D eigenvalue weighted by Gasteiger charge is -2.24. The molecule has 0 aromatic carbocycles. The molecule has 3 rings (SSSR count). The zero-order chi connectivity index (χ0) is 12.8. The second kappa shape index (κ2) is 4.34. The van der Waals surface area contributed by atoms with Gasteiger partial charge in [-0.1, -0.05) is 19.3 Å². The van der Waals surface area contributed by atoms with Gasteiger partial charge in [0.25, 0.3) is 0 Å². The highest BCUT2D eigenvalue weighted by Crippen LogP contribution is 2.47. The molecule has 2 atom stereocenters. The molecule has 1 N–H and O–H groups in total. The van der Waals surface area contributed by atoms with Crippen molar-refractivity contribution < 1.29 is 14.7 Å². The summed E-state index contributed by atoms with van der Waals surface area (Å²) in [6, 6.07) is 0. The summed E-state index contributed by atoms with van der Waals surface area (Å²) in [4.78, 5) is 26.0. The molecule has 1 saturated heterocycles. The molecule has 2 aliphatic carbocycles. The monoisotopic (exact) mass is 251 g/mol. The fourth-order valence-electron chi connectivity index (χ4n) is 3.95. The highest BCUT2D eigenvalue weighted by Gasteiger charge is 2.53. The second-order valence-corrected chi connectivity index (χ2v) is 6.23. The van der Waals surface area contributed by atoms with Crippen LogP contribution in [0.2, 0.25) is 0 Å². The number of amides is 2. The molecule has 4 nitrogen and oxygen atoms in total. The van der Waals surface area contributed by atoms with Crippen LogP contribution in [0.25, 0.3) is 0 Å². The molecule has 1 heterocycles. The van der Waals surface area contributed by atoms with E-state index in [1.165, 1.54) is 4.90 Å². The third kappa shape index (κ3) is 1.78. The number of likely N-dealkylation sites (tertiary alicyclic amines) is 1. The predicted molar refractivity (Wildman–Crippen MR) is 65.6 cm³/mol. The van der Waals surface area contributed by atoms with Gasteiger partial charge in [-0.05, 0) is 25.7 Å². The van der Waals surface area contributed by atoms with Gasteiger partial charge in [0.05, 0.1) is 11.5 Å². The van der Waals surface area contributed by atoms with Gasteiger partial charge >= 0.3 is 0 Å². The van der Waals surface area contributed by atoms with Crippen LogP contribution >= 0.6 is 0 Å². The van der Waals surface area contributed by atoms with Crippen LogP contribution < -0.4 is 0 Å². The average Bonchev–Trinajstić information content (AvgIpc) is 3.00. The minimum Gasteiger partial charge on any atom is -0.393 e. The quantitative estimate of drug-likeness (QED) is 0.756. The second-order valence-electron chi connectivity index (χ2n) is 6.23. The molecular formula is C14H21NO3. The van der Waals surface area contributed by atoms with Crippen LogP contribution in [0.3, 0.4) is 0 Å². The van der Waals surface area contributed by atoms with Crippen molar-refractivity contribution >= 4 is 11.8 Å². The number of nitrogens with zero attached hydrogens (tertiary/aromatic N) is 1. The normalized spacial score (nSPS) is 35.1. The molecule has 2 saturated carbocycles. The molecule has 0 bridgehead atoms. The van der Waals surface area contributed by atoms with E-state index in [2.05, 4.69) is 0 Å². The zero-order valence-corrected chi connectivity index (χ0v) is 10.7. The van der Waals surface area contributed by atoms with Gasteiger partial charge in [0, 0.05) is 18.9 Å². The molecule has 3 aliphatic rings. The summed E-state index contributed by atoms with van der Waals surface area (Å²) in [6.07, 6.45) is 6.73. The van der Waals surface area contributed by atoms with Gasteiger partial charge in [0.15, 0.2) is 0 Å². The number of rotatable bonds is 2. The van der Waals surface area contributed by atoms with Gasteiger partial charge in [-0.2, -0.15) is 0 Å². The maximum atomic E-state index is 12.5. The molecular weight excluding hydrogens is 230 g/mol. The number of hydrogen-bond donors (Lipinski definition) is 1. The Morgan fingerprint density at radius 1 is 1.17 bits per heavy atom. The summed E-state index contributed by atoms with van der Waals surface area (Å²) in [7, 11) is 0. The van der Waals surface area contributed by atoms with Gasteiger partial charge in [-0.15, -0.1) is 0 Å². The topological polar surface area (TPSA) is 57.6 Å². The summed E-state index contributed by atoms with van der Waals surface area (Å²) in [6.45, 7) is 0.445. The van der Waals surface area contributed by atoms with E-state index in [1.54, 1.807) is 0 Å². The largest absolute Gasteiger partial charge is 0.393 e. The summed E-state index contributed by atoms with van der Waals surface area (Å²) < 4.78 is 0. The van der Waals surface area contributed by atoms with Gasteiger partial charge < -0.3 is 5.11 Å². The van der Waals surface area contributed by atoms with Crippen LogP contribution in [0.5, 0.6) is 0 Å². The smallest absolute Gasteiger partial charge is 0.235 e. The first-order chi connectivity index (χ1) is 8.62. The molecule has 2 amide bonds. The maximum absolute atomic E-state index is 12.5. The maximum Gasteiger partial charge on any atom is 0.235 e. The molecule has 0 aromatic rings. The Labute approximate surface area is 107 Å². The van der Waals surface area contributed by atoms with Crippen molar-refractivity contribution in [3.8, 4) is 0 Å². The van der Waals surface area contributed by atoms with Crippen LogP contribution in [0.15, 0.2) is 0 Å². The van der Waals surface area contributed by atoms with E-state index in [1.807, 2.05) is 0 Å². The van der Waals surface area contributed by atoms with Gasteiger partial charge in [0.1, 0.15) is 0 Å². The lowest BCUT2D eigenvalue weighted by Crippen LogP contribution is -2.39. The van der Waals surface area contributed by atoms with Gasteiger partial charge in [-0.25, -0.2) is 0 Å². The fraction of sp³-hybridized carbons (Fsp3) is 0.857. The highest BCUT2D eigenvalue weighted by molar-refractivity contribution is 6.06. The number of aliphatic hydroxyl groups excluding tert-OH is 1. The van der Waals surface area contributed by atoms with E-state index in [9.17, 15) is 14.7 Å². The molecule has 100 valence electrons. The molecule has 4 heteroatoms. The van der Waals surface area contributed by atoms with Crippen molar-refractivity contribution in [2.45, 2.75) is 57.5 Å². The summed E-state index contributed by atoms with van der Waals surface area (Å²) in [5.74, 6) is 0.138. The third-order valence-corrected chi connectivity index (χ3v) is 5.09. The average molecular weight is 251 g/mol. The molecule has 1 spiro atoms. The van der Waals surface area contributed by atoms with Crippen LogP contribution in [-0.2, 0) is 9.59 Å². The Balaban J connectivity index is 1.72. The van der Waals surface area contributed by atoms with Gasteiger partial charge in [-0.3, -0.25) is 14.5 Å². The highest BCUT2D eigenvalue weighted by atomic mass is 16.3. The Kier molecular flexibility index (Phi) is 2.93. The zero-order valence-electron chi connectivity index (χ0n) is 10.7. The molecule has 0 aromatic heterocycles. The standard InChI is InChI=1S/C14H21NO3/c16-11-5-3-4-10(11)9-15-12(17)8-14(13(15)18)6-1-2-7-14/h10-11,16H,1-9H2. The van der Waals surface area contributed by atoms with E-state index in [4.69, 9.17) is 0 Å². The molecule has 1 aliphatic heterocycles. The lowest BCUT2D eigenvalue weighted by molar-refractivity contribution is -0.142. The van der Waals surface area contributed by atoms with Crippen molar-refractivity contribution in [3.63, 3.8) is 0 Å². The summed E-state index contributed by atoms with van der Waals surface area (Å²) in [5, 5.41) is 9.83. The number of hydrogen-bond acceptors (Lipinski definition) is 3. The first-order valence-corrected chi connectivity index (χ1v) is 7.15. The first-order valence-electron chi connectivity index (χ1n) is 7.15. The van der Waals surface area contributed by atoms with Crippen LogP contribution in [0.4, 0.5) is 0 Å². The number of aliphatic hydroxyl groups is 1.